The van der Waals surface area contributed by atoms with E-state index >= 15 is 0 Å². The first-order chi connectivity index (χ1) is 11.6. The molecule has 10 heteroatoms. The average Bonchev–Trinajstić information content (AvgIpc) is 3.28. The molecular weight excluding hydrogens is 320 g/mol. The van der Waals surface area contributed by atoms with E-state index in [9.17, 15) is 19.2 Å². The fourth-order valence-electron chi connectivity index (χ4n) is 1.46. The SMILES string of the molecule is O=C(/C=C/C(=O)OCC(=O)n1cccn1)OCC(=O)n1cccn1. The summed E-state index contributed by atoms with van der Waals surface area (Å²) in [6, 6.07) is 3.08. The third-order valence-corrected chi connectivity index (χ3v) is 2.55. The lowest BCUT2D eigenvalue weighted by molar-refractivity contribution is -0.139. The van der Waals surface area contributed by atoms with Crippen LogP contribution in [0.15, 0.2) is 49.1 Å². The number of ether oxygens (including phenoxy) is 2. The van der Waals surface area contributed by atoms with Gasteiger partial charge in [-0.15, -0.1) is 0 Å². The lowest BCUT2D eigenvalue weighted by atomic mass is 10.5. The van der Waals surface area contributed by atoms with E-state index in [1.54, 1.807) is 12.1 Å². The summed E-state index contributed by atoms with van der Waals surface area (Å²) in [5, 5.41) is 7.35. The summed E-state index contributed by atoms with van der Waals surface area (Å²) in [6.07, 6.45) is 7.19. The van der Waals surface area contributed by atoms with Crippen LogP contribution in [0.2, 0.25) is 0 Å². The standard InChI is InChI=1S/C14H12N4O6/c19-11(17-7-1-5-15-17)9-23-13(21)3-4-14(22)24-10-12(20)18-8-2-6-16-18/h1-8H,9-10H2/b4-3+. The van der Waals surface area contributed by atoms with Crippen LogP contribution in [-0.4, -0.2) is 56.5 Å². The lowest BCUT2D eigenvalue weighted by Crippen LogP contribution is -2.20. The van der Waals surface area contributed by atoms with Crippen LogP contribution in [-0.2, 0) is 19.1 Å². The van der Waals surface area contributed by atoms with E-state index in [2.05, 4.69) is 19.7 Å². The average molecular weight is 332 g/mol. The minimum atomic E-state index is -0.911. The second kappa shape index (κ2) is 8.17. The van der Waals surface area contributed by atoms with Gasteiger partial charge in [-0.3, -0.25) is 9.59 Å². The minimum absolute atomic E-state index is 0.530. The van der Waals surface area contributed by atoms with Gasteiger partial charge in [-0.2, -0.15) is 10.2 Å². The maximum atomic E-state index is 11.5. The smallest absolute Gasteiger partial charge is 0.331 e. The molecule has 0 fully saturated rings. The van der Waals surface area contributed by atoms with Crippen LogP contribution in [0.25, 0.3) is 0 Å². The van der Waals surface area contributed by atoms with Crippen LogP contribution in [0.5, 0.6) is 0 Å². The fraction of sp³-hybridized carbons (Fsp3) is 0.143. The first-order valence-corrected chi connectivity index (χ1v) is 6.63. The fourth-order valence-corrected chi connectivity index (χ4v) is 1.46. The highest BCUT2D eigenvalue weighted by molar-refractivity contribution is 5.93. The molecule has 2 heterocycles. The number of carbonyl (C=O) groups is 4. The maximum absolute atomic E-state index is 11.5. The van der Waals surface area contributed by atoms with Crippen molar-refractivity contribution in [2.24, 2.45) is 0 Å². The summed E-state index contributed by atoms with van der Waals surface area (Å²) >= 11 is 0. The van der Waals surface area contributed by atoms with Gasteiger partial charge in [0.15, 0.2) is 13.2 Å². The Labute approximate surface area is 135 Å². The summed E-state index contributed by atoms with van der Waals surface area (Å²) in [5.41, 5.74) is 0. The van der Waals surface area contributed by atoms with E-state index in [1.165, 1.54) is 24.8 Å². The van der Waals surface area contributed by atoms with E-state index in [4.69, 9.17) is 0 Å². The molecule has 0 aliphatic rings. The molecule has 0 spiro atoms. The highest BCUT2D eigenvalue weighted by Crippen LogP contribution is 1.91. The van der Waals surface area contributed by atoms with Crippen molar-refractivity contribution in [1.82, 2.24) is 19.6 Å². The molecule has 0 radical (unpaired) electrons. The molecule has 2 aromatic rings. The van der Waals surface area contributed by atoms with Crippen LogP contribution in [0, 0.1) is 0 Å². The number of hydrogen-bond acceptors (Lipinski definition) is 8. The minimum Gasteiger partial charge on any atom is -0.452 e. The number of carbonyl (C=O) groups excluding carboxylic acids is 4. The summed E-state index contributed by atoms with van der Waals surface area (Å²) in [4.78, 5) is 45.7. The molecule has 0 bridgehead atoms. The zero-order valence-electron chi connectivity index (χ0n) is 12.3. The molecule has 10 nitrogen and oxygen atoms in total. The van der Waals surface area contributed by atoms with E-state index in [1.807, 2.05) is 0 Å². The third-order valence-electron chi connectivity index (χ3n) is 2.55. The molecule has 0 unspecified atom stereocenters. The molecule has 0 saturated carbocycles. The van der Waals surface area contributed by atoms with Crippen molar-refractivity contribution in [3.63, 3.8) is 0 Å². The van der Waals surface area contributed by atoms with Crippen molar-refractivity contribution >= 4 is 23.8 Å². The summed E-state index contributed by atoms with van der Waals surface area (Å²) in [6.45, 7) is -1.06. The molecule has 24 heavy (non-hydrogen) atoms. The predicted molar refractivity (Wildman–Crippen MR) is 76.8 cm³/mol. The Morgan fingerprint density at radius 2 is 1.21 bits per heavy atom. The third kappa shape index (κ3) is 5.02. The molecule has 0 N–H and O–H groups in total. The van der Waals surface area contributed by atoms with Crippen LogP contribution < -0.4 is 0 Å². The van der Waals surface area contributed by atoms with Crippen molar-refractivity contribution in [3.8, 4) is 0 Å². The Hall–Kier alpha value is -3.56. The Bertz CT molecular complexity index is 684. The number of hydrogen-bond donors (Lipinski definition) is 0. The molecule has 0 aliphatic heterocycles. The quantitative estimate of drug-likeness (QED) is 0.522. The predicted octanol–water partition coefficient (Wildman–Crippen LogP) is -0.297. The van der Waals surface area contributed by atoms with E-state index in [-0.39, 0.29) is 0 Å². The normalized spacial score (nSPS) is 10.5. The van der Waals surface area contributed by atoms with E-state index < -0.39 is 37.0 Å². The molecule has 0 aliphatic carbocycles. The van der Waals surface area contributed by atoms with Crippen LogP contribution in [0.4, 0.5) is 0 Å². The molecular formula is C14H12N4O6. The number of esters is 2. The van der Waals surface area contributed by atoms with Gasteiger partial charge in [0.2, 0.25) is 0 Å². The van der Waals surface area contributed by atoms with Gasteiger partial charge in [-0.25, -0.2) is 19.0 Å². The maximum Gasteiger partial charge on any atom is 0.331 e. The molecule has 0 atom stereocenters. The van der Waals surface area contributed by atoms with Gasteiger partial charge >= 0.3 is 11.9 Å². The zero-order chi connectivity index (χ0) is 17.4. The second-order valence-corrected chi connectivity index (χ2v) is 4.24. The van der Waals surface area contributed by atoms with Crippen molar-refractivity contribution in [2.45, 2.75) is 0 Å². The first kappa shape index (κ1) is 16.8. The van der Waals surface area contributed by atoms with Crippen LogP contribution >= 0.6 is 0 Å². The van der Waals surface area contributed by atoms with Gasteiger partial charge in [0.1, 0.15) is 0 Å². The van der Waals surface area contributed by atoms with Gasteiger partial charge in [0.05, 0.1) is 0 Å². The second-order valence-electron chi connectivity index (χ2n) is 4.24. The van der Waals surface area contributed by atoms with Gasteiger partial charge in [-0.05, 0) is 12.1 Å². The molecule has 0 saturated heterocycles. The van der Waals surface area contributed by atoms with Crippen molar-refractivity contribution in [3.05, 3.63) is 49.1 Å². The molecule has 2 rings (SSSR count). The Kier molecular flexibility index (Phi) is 5.72. The molecule has 2 aromatic heterocycles. The number of nitrogens with zero attached hydrogens (tertiary/aromatic N) is 4. The van der Waals surface area contributed by atoms with Crippen LogP contribution in [0.3, 0.4) is 0 Å². The largest absolute Gasteiger partial charge is 0.452 e. The molecule has 0 aromatic carbocycles. The van der Waals surface area contributed by atoms with Gasteiger partial charge in [0, 0.05) is 36.9 Å². The summed E-state index contributed by atoms with van der Waals surface area (Å²) < 4.78 is 11.3. The van der Waals surface area contributed by atoms with Gasteiger partial charge in [0.25, 0.3) is 11.8 Å². The first-order valence-electron chi connectivity index (χ1n) is 6.63. The monoisotopic (exact) mass is 332 g/mol. The van der Waals surface area contributed by atoms with E-state index in [0.717, 1.165) is 21.5 Å². The number of rotatable bonds is 6. The molecule has 0 amide bonds. The topological polar surface area (TPSA) is 122 Å². The Balaban J connectivity index is 1.70. The Morgan fingerprint density at radius 1 is 0.792 bits per heavy atom. The highest BCUT2D eigenvalue weighted by atomic mass is 16.5. The summed E-state index contributed by atoms with van der Waals surface area (Å²) in [5.74, 6) is -2.92. The summed E-state index contributed by atoms with van der Waals surface area (Å²) in [7, 11) is 0. The highest BCUT2D eigenvalue weighted by Gasteiger charge is 2.10. The Morgan fingerprint density at radius 3 is 1.54 bits per heavy atom. The van der Waals surface area contributed by atoms with E-state index in [0.29, 0.717) is 0 Å². The van der Waals surface area contributed by atoms with Crippen molar-refractivity contribution in [1.29, 1.82) is 0 Å². The lowest BCUT2D eigenvalue weighted by Gasteiger charge is -2.02. The number of aromatic nitrogens is 4. The zero-order valence-corrected chi connectivity index (χ0v) is 12.3. The van der Waals surface area contributed by atoms with Crippen molar-refractivity contribution < 1.29 is 28.7 Å². The van der Waals surface area contributed by atoms with Gasteiger partial charge < -0.3 is 9.47 Å². The van der Waals surface area contributed by atoms with Crippen LogP contribution in [0.1, 0.15) is 9.59 Å². The van der Waals surface area contributed by atoms with Crippen molar-refractivity contribution in [2.75, 3.05) is 13.2 Å². The van der Waals surface area contributed by atoms with Gasteiger partial charge in [-0.1, -0.05) is 0 Å². The molecule has 124 valence electrons.